The average molecular weight is 437 g/mol. The highest BCUT2D eigenvalue weighted by Gasteiger charge is 2.23. The fourth-order valence-electron chi connectivity index (χ4n) is 3.68. The van der Waals surface area contributed by atoms with Gasteiger partial charge in [-0.2, -0.15) is 0 Å². The largest absolute Gasteiger partial charge is 0.497 e. The van der Waals surface area contributed by atoms with Crippen molar-refractivity contribution >= 4 is 22.9 Å². The van der Waals surface area contributed by atoms with Gasteiger partial charge in [0.2, 0.25) is 0 Å². The molecule has 0 bridgehead atoms. The van der Waals surface area contributed by atoms with Crippen LogP contribution in [0.2, 0.25) is 0 Å². The molecule has 0 atom stereocenters. The molecule has 4 rings (SSSR count). The molecule has 6 nitrogen and oxygen atoms in total. The number of nitrogens with zero attached hydrogens (tertiary/aromatic N) is 4. The minimum absolute atomic E-state index is 0.111. The molecule has 0 saturated carbocycles. The van der Waals surface area contributed by atoms with Crippen molar-refractivity contribution in [3.8, 4) is 17.0 Å². The summed E-state index contributed by atoms with van der Waals surface area (Å²) in [4.78, 5) is 24.1. The second-order valence-corrected chi connectivity index (χ2v) is 8.81. The van der Waals surface area contributed by atoms with Crippen molar-refractivity contribution in [2.45, 2.75) is 6.54 Å². The molecule has 2 aromatic carbocycles. The van der Waals surface area contributed by atoms with Gasteiger partial charge < -0.3 is 14.5 Å². The zero-order valence-electron chi connectivity index (χ0n) is 18.2. The number of benzene rings is 2. The van der Waals surface area contributed by atoms with Crippen LogP contribution >= 0.6 is 11.3 Å². The fraction of sp³-hybridized carbons (Fsp3) is 0.333. The third-order valence-electron chi connectivity index (χ3n) is 5.57. The van der Waals surface area contributed by atoms with Crippen LogP contribution in [0.15, 0.2) is 53.9 Å². The van der Waals surface area contributed by atoms with E-state index in [1.165, 1.54) is 0 Å². The number of carbonyl (C=O) groups excluding carboxylic acids is 1. The van der Waals surface area contributed by atoms with Crippen LogP contribution in [0, 0.1) is 0 Å². The Morgan fingerprint density at radius 2 is 1.84 bits per heavy atom. The molecule has 162 valence electrons. The van der Waals surface area contributed by atoms with E-state index in [-0.39, 0.29) is 5.91 Å². The molecule has 1 aliphatic rings. The van der Waals surface area contributed by atoms with Gasteiger partial charge in [-0.15, -0.1) is 11.3 Å². The van der Waals surface area contributed by atoms with E-state index in [1.807, 2.05) is 72.4 Å². The van der Waals surface area contributed by atoms with Crippen LogP contribution < -0.4 is 9.64 Å². The monoisotopic (exact) mass is 436 g/mol. The van der Waals surface area contributed by atoms with E-state index in [0.717, 1.165) is 66.0 Å². The molecule has 31 heavy (non-hydrogen) atoms. The van der Waals surface area contributed by atoms with Crippen molar-refractivity contribution in [3.05, 3.63) is 64.5 Å². The van der Waals surface area contributed by atoms with Crippen LogP contribution in [-0.4, -0.2) is 68.1 Å². The average Bonchev–Trinajstić information content (AvgIpc) is 3.27. The number of aromatic nitrogens is 1. The molecule has 7 heteroatoms. The summed E-state index contributed by atoms with van der Waals surface area (Å²) in [7, 11) is 5.65. The SMILES string of the molecule is COc1ccc(-c2csc(CN3CCN(C(=O)c4cccc(N(C)C)c4)CC3)n2)cc1. The van der Waals surface area contributed by atoms with Gasteiger partial charge in [-0.05, 0) is 42.5 Å². The summed E-state index contributed by atoms with van der Waals surface area (Å²) in [5.41, 5.74) is 3.89. The highest BCUT2D eigenvalue weighted by atomic mass is 32.1. The summed E-state index contributed by atoms with van der Waals surface area (Å²) >= 11 is 1.69. The Morgan fingerprint density at radius 3 is 2.52 bits per heavy atom. The number of rotatable bonds is 6. The summed E-state index contributed by atoms with van der Waals surface area (Å²) < 4.78 is 5.23. The second kappa shape index (κ2) is 9.49. The van der Waals surface area contributed by atoms with Crippen molar-refractivity contribution in [2.75, 3.05) is 52.3 Å². The Morgan fingerprint density at radius 1 is 1.10 bits per heavy atom. The summed E-state index contributed by atoms with van der Waals surface area (Å²) in [6.07, 6.45) is 0. The molecule has 0 spiro atoms. The lowest BCUT2D eigenvalue weighted by atomic mass is 10.1. The van der Waals surface area contributed by atoms with Gasteiger partial charge in [0.15, 0.2) is 0 Å². The predicted molar refractivity (Wildman–Crippen MR) is 126 cm³/mol. The molecule has 1 fully saturated rings. The molecular weight excluding hydrogens is 408 g/mol. The number of anilines is 1. The van der Waals surface area contributed by atoms with E-state index in [9.17, 15) is 4.79 Å². The number of thiazole rings is 1. The van der Waals surface area contributed by atoms with Gasteiger partial charge >= 0.3 is 0 Å². The van der Waals surface area contributed by atoms with Crippen LogP contribution in [0.4, 0.5) is 5.69 Å². The first-order valence-electron chi connectivity index (χ1n) is 10.4. The van der Waals surface area contributed by atoms with Gasteiger partial charge in [-0.1, -0.05) is 6.07 Å². The van der Waals surface area contributed by atoms with Crippen molar-refractivity contribution in [3.63, 3.8) is 0 Å². The Hall–Kier alpha value is -2.90. The van der Waals surface area contributed by atoms with E-state index in [2.05, 4.69) is 10.3 Å². The molecule has 1 aliphatic heterocycles. The Balaban J connectivity index is 1.33. The third kappa shape index (κ3) is 5.06. The summed E-state index contributed by atoms with van der Waals surface area (Å²) in [6.45, 7) is 4.01. The van der Waals surface area contributed by atoms with Crippen molar-refractivity contribution in [1.29, 1.82) is 0 Å². The topological polar surface area (TPSA) is 48.9 Å². The highest BCUT2D eigenvalue weighted by molar-refractivity contribution is 7.09. The van der Waals surface area contributed by atoms with E-state index >= 15 is 0 Å². The van der Waals surface area contributed by atoms with E-state index in [1.54, 1.807) is 18.4 Å². The van der Waals surface area contributed by atoms with Crippen molar-refractivity contribution in [2.24, 2.45) is 0 Å². The quantitative estimate of drug-likeness (QED) is 0.588. The normalized spacial score (nSPS) is 14.5. The highest BCUT2D eigenvalue weighted by Crippen LogP contribution is 2.25. The number of methoxy groups -OCH3 is 1. The zero-order valence-corrected chi connectivity index (χ0v) is 19.1. The maximum Gasteiger partial charge on any atom is 0.254 e. The number of carbonyl (C=O) groups is 1. The lowest BCUT2D eigenvalue weighted by molar-refractivity contribution is 0.0628. The number of piperazine rings is 1. The molecule has 0 unspecified atom stereocenters. The van der Waals surface area contributed by atoms with E-state index in [4.69, 9.17) is 9.72 Å². The Labute approximate surface area is 187 Å². The molecule has 1 amide bonds. The summed E-state index contributed by atoms with van der Waals surface area (Å²) in [5.74, 6) is 0.958. The van der Waals surface area contributed by atoms with Crippen LogP contribution in [0.25, 0.3) is 11.3 Å². The smallest absolute Gasteiger partial charge is 0.254 e. The van der Waals surface area contributed by atoms with E-state index in [0.29, 0.717) is 0 Å². The van der Waals surface area contributed by atoms with Gasteiger partial charge in [0.25, 0.3) is 5.91 Å². The standard InChI is InChI=1S/C24H28N4O2S/c1-26(2)20-6-4-5-19(15-20)24(29)28-13-11-27(12-14-28)16-23-25-22(17-31-23)18-7-9-21(30-3)10-8-18/h4-10,15,17H,11-14,16H2,1-3H3. The lowest BCUT2D eigenvalue weighted by Gasteiger charge is -2.34. The molecule has 1 aromatic heterocycles. The van der Waals surface area contributed by atoms with Crippen molar-refractivity contribution < 1.29 is 9.53 Å². The van der Waals surface area contributed by atoms with Gasteiger partial charge in [-0.25, -0.2) is 4.98 Å². The maximum absolute atomic E-state index is 12.9. The zero-order chi connectivity index (χ0) is 21.8. The summed E-state index contributed by atoms with van der Waals surface area (Å²) in [6, 6.07) is 15.8. The second-order valence-electron chi connectivity index (χ2n) is 7.87. The number of ether oxygens (including phenoxy) is 1. The molecular formula is C24H28N4O2S. The van der Waals surface area contributed by atoms with E-state index < -0.39 is 0 Å². The Kier molecular flexibility index (Phi) is 6.53. The van der Waals surface area contributed by atoms with Crippen LogP contribution in [0.5, 0.6) is 5.75 Å². The summed E-state index contributed by atoms with van der Waals surface area (Å²) in [5, 5.41) is 3.21. The predicted octanol–water partition coefficient (Wildman–Crippen LogP) is 3.84. The molecule has 1 saturated heterocycles. The molecule has 0 radical (unpaired) electrons. The molecule has 0 N–H and O–H groups in total. The minimum Gasteiger partial charge on any atom is -0.497 e. The number of hydrogen-bond donors (Lipinski definition) is 0. The molecule has 3 aromatic rings. The van der Waals surface area contributed by atoms with Gasteiger partial charge in [0.05, 0.1) is 19.3 Å². The van der Waals surface area contributed by atoms with Crippen LogP contribution in [0.1, 0.15) is 15.4 Å². The third-order valence-corrected chi connectivity index (χ3v) is 6.40. The van der Waals surface area contributed by atoms with Gasteiger partial charge in [0.1, 0.15) is 10.8 Å². The van der Waals surface area contributed by atoms with Crippen molar-refractivity contribution in [1.82, 2.24) is 14.8 Å². The van der Waals surface area contributed by atoms with Gasteiger partial charge in [-0.3, -0.25) is 9.69 Å². The maximum atomic E-state index is 12.9. The Bertz CT molecular complexity index is 1020. The first-order chi connectivity index (χ1) is 15.0. The lowest BCUT2D eigenvalue weighted by Crippen LogP contribution is -2.48. The fourth-order valence-corrected chi connectivity index (χ4v) is 4.52. The number of hydrogen-bond acceptors (Lipinski definition) is 6. The van der Waals surface area contributed by atoms with Crippen LogP contribution in [-0.2, 0) is 6.54 Å². The molecule has 2 heterocycles. The van der Waals surface area contributed by atoms with Gasteiger partial charge in [0, 0.05) is 62.5 Å². The van der Waals surface area contributed by atoms with Crippen LogP contribution in [0.3, 0.4) is 0 Å². The first-order valence-corrected chi connectivity index (χ1v) is 11.3. The molecule has 0 aliphatic carbocycles. The number of amides is 1. The minimum atomic E-state index is 0.111. The first kappa shape index (κ1) is 21.3.